The fourth-order valence-electron chi connectivity index (χ4n) is 3.85. The van der Waals surface area contributed by atoms with Gasteiger partial charge in [-0.15, -0.1) is 0 Å². The molecule has 0 fully saturated rings. The summed E-state index contributed by atoms with van der Waals surface area (Å²) in [6.07, 6.45) is -2.96. The van der Waals surface area contributed by atoms with Gasteiger partial charge in [0.25, 0.3) is 11.5 Å². The topological polar surface area (TPSA) is 111 Å². The Bertz CT molecular complexity index is 1590. The number of alkyl halides is 3. The Labute approximate surface area is 224 Å². The number of halogens is 4. The second-order valence-electron chi connectivity index (χ2n) is 8.48. The van der Waals surface area contributed by atoms with Crippen molar-refractivity contribution in [3.05, 3.63) is 93.5 Å². The number of aliphatic carboxylic acids is 1. The van der Waals surface area contributed by atoms with Gasteiger partial charge in [0, 0.05) is 17.1 Å². The Morgan fingerprint density at radius 3 is 2.49 bits per heavy atom. The first-order valence-electron chi connectivity index (χ1n) is 11.6. The summed E-state index contributed by atoms with van der Waals surface area (Å²) in [5.41, 5.74) is 0.0459. The molecule has 4 rings (SSSR count). The van der Waals surface area contributed by atoms with Gasteiger partial charge in [-0.1, -0.05) is 23.7 Å². The molecule has 3 aromatic carbocycles. The van der Waals surface area contributed by atoms with Gasteiger partial charge in [0.1, 0.15) is 12.3 Å². The van der Waals surface area contributed by atoms with Crippen molar-refractivity contribution < 1.29 is 32.6 Å². The highest BCUT2D eigenvalue weighted by Gasteiger charge is 2.30. The standard InChI is InChI=1S/C27H21ClF3N3O5/c28-18-4-1-3-16(11-18)20-12-22-23(33-15-34(26(22)38)14-24(35)36)13-21(20)25(37)32-9-2-10-39-19-7-5-17(6-8-19)27(29,30)31/h1,3-8,11-13,15H,2,9-10,14H2,(H,32,37)(H,35,36). The summed E-state index contributed by atoms with van der Waals surface area (Å²) in [5.74, 6) is -1.39. The molecule has 8 nitrogen and oxygen atoms in total. The molecule has 0 unspecified atom stereocenters. The molecule has 0 saturated carbocycles. The molecule has 0 aliphatic rings. The smallest absolute Gasteiger partial charge is 0.416 e. The van der Waals surface area contributed by atoms with E-state index in [1.165, 1.54) is 24.3 Å². The second kappa shape index (κ2) is 11.6. The normalized spacial score (nSPS) is 11.4. The number of nitrogens with one attached hydrogen (secondary N) is 1. The van der Waals surface area contributed by atoms with E-state index in [4.69, 9.17) is 21.4 Å². The van der Waals surface area contributed by atoms with E-state index in [0.717, 1.165) is 23.0 Å². The van der Waals surface area contributed by atoms with Crippen LogP contribution in [0.15, 0.2) is 71.8 Å². The summed E-state index contributed by atoms with van der Waals surface area (Å²) < 4.78 is 44.5. The van der Waals surface area contributed by atoms with Gasteiger partial charge in [0.05, 0.1) is 29.4 Å². The lowest BCUT2D eigenvalue weighted by Gasteiger charge is -2.13. The minimum atomic E-state index is -4.43. The van der Waals surface area contributed by atoms with Crippen molar-refractivity contribution >= 4 is 34.4 Å². The van der Waals surface area contributed by atoms with Crippen LogP contribution in [0.3, 0.4) is 0 Å². The number of rotatable bonds is 9. The first-order valence-corrected chi connectivity index (χ1v) is 12.0. The molecule has 0 atom stereocenters. The van der Waals surface area contributed by atoms with E-state index in [1.807, 2.05) is 0 Å². The molecule has 1 heterocycles. The number of ether oxygens (including phenoxy) is 1. The van der Waals surface area contributed by atoms with E-state index in [1.54, 1.807) is 24.3 Å². The fourth-order valence-corrected chi connectivity index (χ4v) is 4.04. The summed E-state index contributed by atoms with van der Waals surface area (Å²) in [7, 11) is 0. The van der Waals surface area contributed by atoms with Crippen LogP contribution in [0.25, 0.3) is 22.0 Å². The Morgan fingerprint density at radius 2 is 1.82 bits per heavy atom. The number of benzene rings is 3. The zero-order valence-corrected chi connectivity index (χ0v) is 20.9. The van der Waals surface area contributed by atoms with Crippen LogP contribution in [-0.2, 0) is 17.5 Å². The van der Waals surface area contributed by atoms with Crippen molar-refractivity contribution in [2.45, 2.75) is 19.1 Å². The van der Waals surface area contributed by atoms with Gasteiger partial charge in [0.15, 0.2) is 0 Å². The van der Waals surface area contributed by atoms with E-state index >= 15 is 0 Å². The number of nitrogens with zero attached hydrogens (tertiary/aromatic N) is 2. The van der Waals surface area contributed by atoms with E-state index in [9.17, 15) is 27.6 Å². The Hall–Kier alpha value is -4.38. The molecule has 0 aliphatic carbocycles. The number of hydrogen-bond acceptors (Lipinski definition) is 5. The molecule has 4 aromatic rings. The molecule has 0 bridgehead atoms. The van der Waals surface area contributed by atoms with Crippen LogP contribution in [0.1, 0.15) is 22.3 Å². The summed E-state index contributed by atoms with van der Waals surface area (Å²) in [6, 6.07) is 13.9. The second-order valence-corrected chi connectivity index (χ2v) is 8.91. The molecule has 12 heteroatoms. The Balaban J connectivity index is 1.51. The fraction of sp³-hybridized carbons (Fsp3) is 0.185. The maximum atomic E-state index is 13.1. The van der Waals surface area contributed by atoms with E-state index in [2.05, 4.69) is 10.3 Å². The predicted molar refractivity (Wildman–Crippen MR) is 138 cm³/mol. The van der Waals surface area contributed by atoms with Gasteiger partial charge >= 0.3 is 12.1 Å². The Kier molecular flexibility index (Phi) is 8.20. The van der Waals surface area contributed by atoms with Crippen molar-refractivity contribution in [2.24, 2.45) is 0 Å². The maximum absolute atomic E-state index is 13.1. The number of carbonyl (C=O) groups excluding carboxylic acids is 1. The first kappa shape index (κ1) is 27.6. The van der Waals surface area contributed by atoms with Crippen molar-refractivity contribution in [3.8, 4) is 16.9 Å². The maximum Gasteiger partial charge on any atom is 0.416 e. The molecule has 2 N–H and O–H groups in total. The molecule has 0 spiro atoms. The van der Waals surface area contributed by atoms with E-state index < -0.39 is 35.7 Å². The molecule has 0 radical (unpaired) electrons. The highest BCUT2D eigenvalue weighted by molar-refractivity contribution is 6.30. The molecule has 1 aromatic heterocycles. The summed E-state index contributed by atoms with van der Waals surface area (Å²) in [6.45, 7) is -0.222. The van der Waals surface area contributed by atoms with Gasteiger partial charge in [-0.3, -0.25) is 19.0 Å². The van der Waals surface area contributed by atoms with Crippen LogP contribution in [0, 0.1) is 0 Å². The third-order valence-corrected chi connectivity index (χ3v) is 5.94. The summed E-state index contributed by atoms with van der Waals surface area (Å²) in [4.78, 5) is 41.3. The zero-order chi connectivity index (χ0) is 28.2. The number of aromatic nitrogens is 2. The van der Waals surface area contributed by atoms with E-state index in [-0.39, 0.29) is 35.4 Å². The monoisotopic (exact) mass is 559 g/mol. The van der Waals surface area contributed by atoms with Gasteiger partial charge in [0.2, 0.25) is 0 Å². The van der Waals surface area contributed by atoms with Crippen LogP contribution >= 0.6 is 11.6 Å². The van der Waals surface area contributed by atoms with Crippen LogP contribution < -0.4 is 15.6 Å². The largest absolute Gasteiger partial charge is 0.494 e. The van der Waals surface area contributed by atoms with Crippen LogP contribution in [0.2, 0.25) is 5.02 Å². The first-order chi connectivity index (χ1) is 18.5. The molecule has 0 saturated heterocycles. The predicted octanol–water partition coefficient (Wildman–Crippen LogP) is 5.02. The van der Waals surface area contributed by atoms with Crippen LogP contribution in [-0.4, -0.2) is 39.7 Å². The van der Waals surface area contributed by atoms with Gasteiger partial charge in [-0.2, -0.15) is 13.2 Å². The zero-order valence-electron chi connectivity index (χ0n) is 20.2. The molecule has 202 valence electrons. The summed E-state index contributed by atoms with van der Waals surface area (Å²) in [5, 5.41) is 12.4. The number of carboxylic acids is 1. The number of carbonyl (C=O) groups is 2. The highest BCUT2D eigenvalue weighted by atomic mass is 35.5. The third-order valence-electron chi connectivity index (χ3n) is 5.71. The van der Waals surface area contributed by atoms with E-state index in [0.29, 0.717) is 22.6 Å². The lowest BCUT2D eigenvalue weighted by Crippen LogP contribution is -2.27. The molecular weight excluding hydrogens is 539 g/mol. The quantitative estimate of drug-likeness (QED) is 0.279. The molecule has 0 aliphatic heterocycles. The average molecular weight is 560 g/mol. The third kappa shape index (κ3) is 6.74. The highest BCUT2D eigenvalue weighted by Crippen LogP contribution is 2.31. The molecule has 1 amide bonds. The molecular formula is C27H21ClF3N3O5. The lowest BCUT2D eigenvalue weighted by molar-refractivity contribution is -0.138. The molecule has 39 heavy (non-hydrogen) atoms. The number of hydrogen-bond donors (Lipinski definition) is 2. The lowest BCUT2D eigenvalue weighted by atomic mass is 9.97. The van der Waals surface area contributed by atoms with Crippen LogP contribution in [0.4, 0.5) is 13.2 Å². The minimum absolute atomic E-state index is 0.134. The van der Waals surface area contributed by atoms with Gasteiger partial charge in [-0.25, -0.2) is 4.98 Å². The number of carboxylic acid groups (broad SMARTS) is 1. The van der Waals surface area contributed by atoms with Crippen molar-refractivity contribution in [1.82, 2.24) is 14.9 Å². The average Bonchev–Trinajstić information content (AvgIpc) is 2.89. The minimum Gasteiger partial charge on any atom is -0.494 e. The van der Waals surface area contributed by atoms with Crippen LogP contribution in [0.5, 0.6) is 5.75 Å². The van der Waals surface area contributed by atoms with Crippen molar-refractivity contribution in [3.63, 3.8) is 0 Å². The summed E-state index contributed by atoms with van der Waals surface area (Å²) >= 11 is 6.14. The van der Waals surface area contributed by atoms with Crippen molar-refractivity contribution in [2.75, 3.05) is 13.2 Å². The number of fused-ring (bicyclic) bond motifs is 1. The van der Waals surface area contributed by atoms with Crippen molar-refractivity contribution in [1.29, 1.82) is 0 Å². The van der Waals surface area contributed by atoms with Gasteiger partial charge < -0.3 is 15.2 Å². The SMILES string of the molecule is O=C(O)Cn1cnc2cc(C(=O)NCCCOc3ccc(C(F)(F)F)cc3)c(-c3cccc(Cl)c3)cc2c1=O. The Morgan fingerprint density at radius 1 is 1.08 bits per heavy atom. The number of amides is 1. The van der Waals surface area contributed by atoms with Gasteiger partial charge in [-0.05, 0) is 66.1 Å².